The summed E-state index contributed by atoms with van der Waals surface area (Å²) in [5.41, 5.74) is 0.545. The van der Waals surface area contributed by atoms with E-state index in [-0.39, 0.29) is 16.8 Å². The smallest absolute Gasteiger partial charge is 0.311 e. The summed E-state index contributed by atoms with van der Waals surface area (Å²) in [6, 6.07) is 0. The van der Waals surface area contributed by atoms with Crippen molar-refractivity contribution in [3.8, 4) is 0 Å². The number of carbonyl (C=O) groups excluding carboxylic acids is 1. The zero-order valence-electron chi connectivity index (χ0n) is 12.8. The average molecular weight is 399 g/mol. The van der Waals surface area contributed by atoms with Crippen LogP contribution in [-0.4, -0.2) is 27.4 Å². The van der Waals surface area contributed by atoms with Crippen molar-refractivity contribution in [2.24, 2.45) is 5.41 Å². The molecule has 0 spiro atoms. The highest BCUT2D eigenvalue weighted by molar-refractivity contribution is 9.10. The Morgan fingerprint density at radius 1 is 1.30 bits per heavy atom. The van der Waals surface area contributed by atoms with Gasteiger partial charge in [0.1, 0.15) is 15.9 Å². The molecule has 2 bridgehead atoms. The Labute approximate surface area is 147 Å². The highest BCUT2D eigenvalue weighted by Gasteiger charge is 2.55. The second-order valence-electron chi connectivity index (χ2n) is 6.72. The zero-order chi connectivity index (χ0) is 16.2. The SMILES string of the molecule is COC(=O)C12CCC(c3nc(Br)c4c(Cl)nccn34)(CC1)CC2. The van der Waals surface area contributed by atoms with Gasteiger partial charge in [-0.15, -0.1) is 0 Å². The van der Waals surface area contributed by atoms with E-state index in [1.165, 1.54) is 7.11 Å². The molecule has 0 atom stereocenters. The van der Waals surface area contributed by atoms with E-state index in [1.807, 2.05) is 6.20 Å². The molecule has 5 rings (SSSR count). The molecular formula is C16H17BrClN3O2. The molecule has 0 radical (unpaired) electrons. The van der Waals surface area contributed by atoms with Gasteiger partial charge in [-0.1, -0.05) is 11.6 Å². The van der Waals surface area contributed by atoms with Gasteiger partial charge in [0.05, 0.1) is 12.5 Å². The summed E-state index contributed by atoms with van der Waals surface area (Å²) in [5.74, 6) is 0.981. The van der Waals surface area contributed by atoms with E-state index in [4.69, 9.17) is 21.3 Å². The van der Waals surface area contributed by atoms with Crippen molar-refractivity contribution in [2.75, 3.05) is 7.11 Å². The predicted molar refractivity (Wildman–Crippen MR) is 89.5 cm³/mol. The molecule has 0 unspecified atom stereocenters. The van der Waals surface area contributed by atoms with Gasteiger partial charge in [0.25, 0.3) is 0 Å². The first-order chi connectivity index (χ1) is 11.0. The molecule has 2 aromatic rings. The molecule has 5 nitrogen and oxygen atoms in total. The van der Waals surface area contributed by atoms with Crippen LogP contribution in [0.5, 0.6) is 0 Å². The van der Waals surface area contributed by atoms with Gasteiger partial charge in [0, 0.05) is 17.8 Å². The molecule has 0 saturated heterocycles. The predicted octanol–water partition coefficient (Wildman–Crippen LogP) is 3.91. The largest absolute Gasteiger partial charge is 0.469 e. The monoisotopic (exact) mass is 397 g/mol. The lowest BCUT2D eigenvalue weighted by molar-refractivity contribution is -0.160. The van der Waals surface area contributed by atoms with Gasteiger partial charge in [-0.3, -0.25) is 9.20 Å². The Morgan fingerprint density at radius 3 is 2.57 bits per heavy atom. The number of nitrogens with zero attached hydrogens (tertiary/aromatic N) is 3. The molecule has 3 aliphatic carbocycles. The Hall–Kier alpha value is -1.14. The molecule has 122 valence electrons. The summed E-state index contributed by atoms with van der Waals surface area (Å²) in [7, 11) is 1.49. The molecule has 23 heavy (non-hydrogen) atoms. The number of rotatable bonds is 2. The van der Waals surface area contributed by atoms with Crippen LogP contribution in [0.25, 0.3) is 5.52 Å². The minimum atomic E-state index is -0.278. The summed E-state index contributed by atoms with van der Waals surface area (Å²) in [4.78, 5) is 21.1. The lowest BCUT2D eigenvalue weighted by Gasteiger charge is -2.51. The van der Waals surface area contributed by atoms with Crippen LogP contribution in [0.4, 0.5) is 0 Å². The molecular weight excluding hydrogens is 382 g/mol. The van der Waals surface area contributed by atoms with Crippen LogP contribution in [0.1, 0.15) is 44.3 Å². The number of aromatic nitrogens is 3. The number of methoxy groups -OCH3 is 1. The van der Waals surface area contributed by atoms with Crippen LogP contribution >= 0.6 is 27.5 Å². The molecule has 0 aliphatic heterocycles. The Kier molecular flexibility index (Phi) is 3.47. The van der Waals surface area contributed by atoms with E-state index in [9.17, 15) is 4.79 Å². The van der Waals surface area contributed by atoms with E-state index in [0.29, 0.717) is 5.15 Å². The van der Waals surface area contributed by atoms with Crippen molar-refractivity contribution in [1.29, 1.82) is 0 Å². The standard InChI is InChI=1S/C16H17BrClN3O2/c1-23-14(22)16-5-2-15(3-6-16,4-7-16)13-20-11(17)10-12(18)19-8-9-21(10)13/h8-9H,2-7H2,1H3. The van der Waals surface area contributed by atoms with Gasteiger partial charge in [-0.2, -0.15) is 0 Å². The molecule has 0 N–H and O–H groups in total. The molecule has 0 aromatic carbocycles. The Balaban J connectivity index is 1.77. The van der Waals surface area contributed by atoms with Gasteiger partial charge in [0.2, 0.25) is 0 Å². The first-order valence-corrected chi connectivity index (χ1v) is 8.95. The van der Waals surface area contributed by atoms with E-state index < -0.39 is 0 Å². The van der Waals surface area contributed by atoms with Crippen LogP contribution < -0.4 is 0 Å². The van der Waals surface area contributed by atoms with Gasteiger partial charge in [-0.25, -0.2) is 9.97 Å². The normalized spacial score (nSPS) is 29.9. The quantitative estimate of drug-likeness (QED) is 0.720. The first kappa shape index (κ1) is 15.4. The summed E-state index contributed by atoms with van der Waals surface area (Å²) < 4.78 is 7.83. The summed E-state index contributed by atoms with van der Waals surface area (Å²) in [6.45, 7) is 0. The fraction of sp³-hybridized carbons (Fsp3) is 0.562. The van der Waals surface area contributed by atoms with Crippen molar-refractivity contribution >= 4 is 39.0 Å². The topological polar surface area (TPSA) is 56.5 Å². The molecule has 3 aliphatic rings. The minimum absolute atomic E-state index is 0.00932. The van der Waals surface area contributed by atoms with Crippen molar-refractivity contribution in [3.63, 3.8) is 0 Å². The number of fused-ring (bicyclic) bond motifs is 4. The highest BCUT2D eigenvalue weighted by Crippen LogP contribution is 2.58. The van der Waals surface area contributed by atoms with Gasteiger partial charge in [0.15, 0.2) is 5.15 Å². The minimum Gasteiger partial charge on any atom is -0.469 e. The summed E-state index contributed by atoms with van der Waals surface area (Å²) in [5, 5.41) is 0.449. The Morgan fingerprint density at radius 2 is 1.96 bits per heavy atom. The summed E-state index contributed by atoms with van der Waals surface area (Å²) >= 11 is 9.75. The van der Waals surface area contributed by atoms with Crippen molar-refractivity contribution < 1.29 is 9.53 Å². The third-order valence-corrected chi connectivity index (χ3v) is 6.64. The summed E-state index contributed by atoms with van der Waals surface area (Å²) in [6.07, 6.45) is 9.07. The maximum absolute atomic E-state index is 12.2. The van der Waals surface area contributed by atoms with Crippen molar-refractivity contribution in [2.45, 2.75) is 43.9 Å². The molecule has 2 heterocycles. The molecule has 2 aromatic heterocycles. The maximum Gasteiger partial charge on any atom is 0.311 e. The highest BCUT2D eigenvalue weighted by atomic mass is 79.9. The van der Waals surface area contributed by atoms with E-state index in [2.05, 4.69) is 25.3 Å². The lowest BCUT2D eigenvalue weighted by Crippen LogP contribution is -2.49. The third-order valence-electron chi connectivity index (χ3n) is 5.81. The molecule has 0 amide bonds. The van der Waals surface area contributed by atoms with E-state index in [0.717, 1.165) is 54.5 Å². The average Bonchev–Trinajstić information content (AvgIpc) is 2.94. The maximum atomic E-state index is 12.2. The third kappa shape index (κ3) is 2.07. The van der Waals surface area contributed by atoms with Crippen LogP contribution in [0, 0.1) is 5.41 Å². The molecule has 7 heteroatoms. The lowest BCUT2D eigenvalue weighted by atomic mass is 9.53. The molecule has 3 saturated carbocycles. The fourth-order valence-electron chi connectivity index (χ4n) is 4.38. The number of esters is 1. The number of halogens is 2. The number of ether oxygens (including phenoxy) is 1. The van der Waals surface area contributed by atoms with Gasteiger partial charge >= 0.3 is 5.97 Å². The van der Waals surface area contributed by atoms with E-state index >= 15 is 0 Å². The van der Waals surface area contributed by atoms with Gasteiger partial charge in [-0.05, 0) is 54.5 Å². The van der Waals surface area contributed by atoms with Crippen LogP contribution in [0.3, 0.4) is 0 Å². The number of imidazole rings is 1. The fourth-order valence-corrected chi connectivity index (χ4v) is 5.28. The van der Waals surface area contributed by atoms with Crippen molar-refractivity contribution in [3.05, 3.63) is 28.0 Å². The number of hydrogen-bond donors (Lipinski definition) is 0. The van der Waals surface area contributed by atoms with E-state index in [1.54, 1.807) is 6.20 Å². The van der Waals surface area contributed by atoms with Crippen LogP contribution in [0.2, 0.25) is 5.15 Å². The van der Waals surface area contributed by atoms with Crippen LogP contribution in [0.15, 0.2) is 17.0 Å². The molecule has 3 fully saturated rings. The Bertz CT molecular complexity index is 779. The second-order valence-corrected chi connectivity index (χ2v) is 7.82. The van der Waals surface area contributed by atoms with Crippen molar-refractivity contribution in [1.82, 2.24) is 14.4 Å². The number of hydrogen-bond acceptors (Lipinski definition) is 4. The second kappa shape index (κ2) is 5.18. The van der Waals surface area contributed by atoms with Crippen LogP contribution in [-0.2, 0) is 14.9 Å². The van der Waals surface area contributed by atoms with Gasteiger partial charge < -0.3 is 4.74 Å². The first-order valence-electron chi connectivity index (χ1n) is 7.78. The number of carbonyl (C=O) groups is 1. The zero-order valence-corrected chi connectivity index (χ0v) is 15.2.